The number of hydrogen-bond donors (Lipinski definition) is 0. The van der Waals surface area contributed by atoms with Gasteiger partial charge in [-0.3, -0.25) is 0 Å². The van der Waals surface area contributed by atoms with Crippen LogP contribution >= 0.6 is 0 Å². The number of rotatable bonds is 22. The van der Waals surface area contributed by atoms with Crippen LogP contribution in [-0.4, -0.2) is 0 Å². The largest absolute Gasteiger partial charge is 0.0885 e. The molecule has 28 heavy (non-hydrogen) atoms. The summed E-state index contributed by atoms with van der Waals surface area (Å²) in [7, 11) is 0. The lowest BCUT2D eigenvalue weighted by molar-refractivity contribution is 0.435. The van der Waals surface area contributed by atoms with E-state index in [1.165, 1.54) is 128 Å². The maximum Gasteiger partial charge on any atom is -0.0325 e. The Morgan fingerprint density at radius 3 is 1.46 bits per heavy atom. The number of hydrogen-bond acceptors (Lipinski definition) is 0. The Hall–Kier alpha value is -0.260. The first-order valence-electron chi connectivity index (χ1n) is 13.4. The molecule has 0 aromatic rings. The fraction of sp³-hybridized carbons (Fsp3) is 0.929. The zero-order chi connectivity index (χ0) is 20.7. The van der Waals surface area contributed by atoms with Gasteiger partial charge in [0.2, 0.25) is 0 Å². The molecule has 0 saturated carbocycles. The van der Waals surface area contributed by atoms with Crippen LogP contribution in [0.5, 0.6) is 0 Å². The SMILES string of the molecule is CCCCCCCCCC(C)C/C=C/CCCCCCC(C)CCCCCC. The van der Waals surface area contributed by atoms with Gasteiger partial charge in [-0.1, -0.05) is 149 Å². The molecule has 0 spiro atoms. The predicted octanol–water partition coefficient (Wildman–Crippen LogP) is 10.7. The summed E-state index contributed by atoms with van der Waals surface area (Å²) >= 11 is 0. The molecule has 0 aromatic heterocycles. The van der Waals surface area contributed by atoms with Gasteiger partial charge >= 0.3 is 0 Å². The number of allylic oxidation sites excluding steroid dienone is 2. The molecule has 2 atom stereocenters. The molecule has 0 aromatic carbocycles. The van der Waals surface area contributed by atoms with E-state index < -0.39 is 0 Å². The van der Waals surface area contributed by atoms with E-state index in [0.29, 0.717) is 0 Å². The van der Waals surface area contributed by atoms with Crippen molar-refractivity contribution in [3.8, 4) is 0 Å². The highest BCUT2D eigenvalue weighted by Gasteiger charge is 2.02. The minimum absolute atomic E-state index is 0.880. The molecule has 168 valence electrons. The van der Waals surface area contributed by atoms with Crippen LogP contribution in [-0.2, 0) is 0 Å². The van der Waals surface area contributed by atoms with Gasteiger partial charge < -0.3 is 0 Å². The van der Waals surface area contributed by atoms with Crippen LogP contribution in [0.3, 0.4) is 0 Å². The molecule has 0 rings (SSSR count). The second-order valence-electron chi connectivity index (χ2n) is 9.67. The van der Waals surface area contributed by atoms with Crippen molar-refractivity contribution in [2.24, 2.45) is 11.8 Å². The first kappa shape index (κ1) is 27.7. The summed E-state index contributed by atoms with van der Waals surface area (Å²) in [5, 5.41) is 0. The normalized spacial score (nSPS) is 14.0. The van der Waals surface area contributed by atoms with E-state index in [1.54, 1.807) is 0 Å². The predicted molar refractivity (Wildman–Crippen MR) is 131 cm³/mol. The highest BCUT2D eigenvalue weighted by Crippen LogP contribution is 2.18. The minimum atomic E-state index is 0.880. The molecular formula is C28H56. The average Bonchev–Trinajstić information content (AvgIpc) is 2.69. The first-order valence-corrected chi connectivity index (χ1v) is 13.4. The summed E-state index contributed by atoms with van der Waals surface area (Å²) in [6.07, 6.45) is 33.3. The Kier molecular flexibility index (Phi) is 22.8. The van der Waals surface area contributed by atoms with Crippen LogP contribution in [0.4, 0.5) is 0 Å². The van der Waals surface area contributed by atoms with Crippen LogP contribution in [0.15, 0.2) is 12.2 Å². The Balaban J connectivity index is 3.32. The van der Waals surface area contributed by atoms with Gasteiger partial charge in [0, 0.05) is 0 Å². The number of unbranched alkanes of at least 4 members (excludes halogenated alkanes) is 13. The molecule has 0 aliphatic carbocycles. The molecule has 0 radical (unpaired) electrons. The van der Waals surface area contributed by atoms with Crippen molar-refractivity contribution in [1.82, 2.24) is 0 Å². The van der Waals surface area contributed by atoms with Crippen molar-refractivity contribution in [3.63, 3.8) is 0 Å². The molecule has 0 aliphatic heterocycles. The summed E-state index contributed by atoms with van der Waals surface area (Å²) in [6, 6.07) is 0. The second-order valence-corrected chi connectivity index (χ2v) is 9.67. The average molecular weight is 393 g/mol. The summed E-state index contributed by atoms with van der Waals surface area (Å²) in [6.45, 7) is 9.50. The topological polar surface area (TPSA) is 0 Å². The Bertz CT molecular complexity index is 303. The Morgan fingerprint density at radius 2 is 0.893 bits per heavy atom. The van der Waals surface area contributed by atoms with Crippen molar-refractivity contribution < 1.29 is 0 Å². The molecule has 0 amide bonds. The van der Waals surface area contributed by atoms with E-state index in [2.05, 4.69) is 39.8 Å². The van der Waals surface area contributed by atoms with Gasteiger partial charge in [0.15, 0.2) is 0 Å². The molecule has 0 bridgehead atoms. The smallest absolute Gasteiger partial charge is 0.0325 e. The third kappa shape index (κ3) is 22.0. The quantitative estimate of drug-likeness (QED) is 0.127. The van der Waals surface area contributed by atoms with E-state index in [1.807, 2.05) is 0 Å². The third-order valence-corrected chi connectivity index (χ3v) is 6.37. The van der Waals surface area contributed by atoms with Crippen LogP contribution in [0.25, 0.3) is 0 Å². The fourth-order valence-electron chi connectivity index (χ4n) is 4.19. The molecule has 0 aliphatic rings. The van der Waals surface area contributed by atoms with E-state index in [0.717, 1.165) is 11.8 Å². The van der Waals surface area contributed by atoms with Gasteiger partial charge in [-0.05, 0) is 31.1 Å². The molecule has 0 saturated heterocycles. The van der Waals surface area contributed by atoms with Crippen molar-refractivity contribution >= 4 is 0 Å². The highest BCUT2D eigenvalue weighted by molar-refractivity contribution is 4.83. The van der Waals surface area contributed by atoms with E-state index in [4.69, 9.17) is 0 Å². The van der Waals surface area contributed by atoms with Crippen molar-refractivity contribution in [2.45, 2.75) is 156 Å². The standard InChI is InChI=1S/C28H56/c1-5-7-9-11-13-16-20-25-28(4)26-22-18-15-12-14-17-21-24-27(3)23-19-10-8-6-2/h18,22,27-28H,5-17,19-21,23-26H2,1-4H3/b22-18+. The third-order valence-electron chi connectivity index (χ3n) is 6.37. The summed E-state index contributed by atoms with van der Waals surface area (Å²) in [4.78, 5) is 0. The molecule has 0 fully saturated rings. The minimum Gasteiger partial charge on any atom is -0.0885 e. The molecule has 0 heteroatoms. The van der Waals surface area contributed by atoms with Crippen molar-refractivity contribution in [2.75, 3.05) is 0 Å². The van der Waals surface area contributed by atoms with Gasteiger partial charge in [-0.15, -0.1) is 0 Å². The summed E-state index contributed by atoms with van der Waals surface area (Å²) in [5.41, 5.74) is 0. The van der Waals surface area contributed by atoms with Gasteiger partial charge in [-0.25, -0.2) is 0 Å². The summed E-state index contributed by atoms with van der Waals surface area (Å²) < 4.78 is 0. The fourth-order valence-corrected chi connectivity index (χ4v) is 4.19. The van der Waals surface area contributed by atoms with Crippen LogP contribution in [0.1, 0.15) is 156 Å². The lowest BCUT2D eigenvalue weighted by atomic mass is 9.96. The van der Waals surface area contributed by atoms with E-state index >= 15 is 0 Å². The zero-order valence-electron chi connectivity index (χ0n) is 20.5. The van der Waals surface area contributed by atoms with Crippen LogP contribution in [0.2, 0.25) is 0 Å². The van der Waals surface area contributed by atoms with Crippen LogP contribution in [0, 0.1) is 11.8 Å². The molecule has 0 nitrogen and oxygen atoms in total. The molecular weight excluding hydrogens is 336 g/mol. The van der Waals surface area contributed by atoms with Gasteiger partial charge in [0.1, 0.15) is 0 Å². The first-order chi connectivity index (χ1) is 13.7. The monoisotopic (exact) mass is 392 g/mol. The zero-order valence-corrected chi connectivity index (χ0v) is 20.5. The second kappa shape index (κ2) is 23.0. The van der Waals surface area contributed by atoms with Gasteiger partial charge in [-0.2, -0.15) is 0 Å². The van der Waals surface area contributed by atoms with Crippen LogP contribution < -0.4 is 0 Å². The maximum absolute atomic E-state index is 2.46. The van der Waals surface area contributed by atoms with Crippen molar-refractivity contribution in [3.05, 3.63) is 12.2 Å². The summed E-state index contributed by atoms with van der Waals surface area (Å²) in [5.74, 6) is 1.83. The Labute approximate surface area is 180 Å². The van der Waals surface area contributed by atoms with E-state index in [-0.39, 0.29) is 0 Å². The van der Waals surface area contributed by atoms with Gasteiger partial charge in [0.25, 0.3) is 0 Å². The van der Waals surface area contributed by atoms with Gasteiger partial charge in [0.05, 0.1) is 0 Å². The highest BCUT2D eigenvalue weighted by atomic mass is 14.1. The molecule has 2 unspecified atom stereocenters. The lowest BCUT2D eigenvalue weighted by Gasteiger charge is -2.10. The maximum atomic E-state index is 2.46. The molecule has 0 N–H and O–H groups in total. The lowest BCUT2D eigenvalue weighted by Crippen LogP contribution is -1.95. The van der Waals surface area contributed by atoms with Crippen molar-refractivity contribution in [1.29, 1.82) is 0 Å². The molecule has 0 heterocycles. The Morgan fingerprint density at radius 1 is 0.464 bits per heavy atom. The van der Waals surface area contributed by atoms with E-state index in [9.17, 15) is 0 Å².